The highest BCUT2D eigenvalue weighted by molar-refractivity contribution is 5.96. The van der Waals surface area contributed by atoms with E-state index in [1.54, 1.807) is 12.1 Å². The Morgan fingerprint density at radius 1 is 1.05 bits per heavy atom. The Labute approximate surface area is 118 Å². The standard InChI is InChI=1S/C16H20F2O2/c1-16(2,3)12-9-7-11(8-10-12)13(19)5-4-6-14(20)15(17)18/h7-10,15H,4-6H2,1-3H3. The summed E-state index contributed by atoms with van der Waals surface area (Å²) in [5.74, 6) is -1.21. The first kappa shape index (κ1) is 16.5. The van der Waals surface area contributed by atoms with Crippen LogP contribution in [0, 0.1) is 0 Å². The topological polar surface area (TPSA) is 34.1 Å². The third-order valence-corrected chi connectivity index (χ3v) is 3.14. The summed E-state index contributed by atoms with van der Waals surface area (Å²) in [5.41, 5.74) is 1.70. The van der Waals surface area contributed by atoms with E-state index in [2.05, 4.69) is 20.8 Å². The number of carbonyl (C=O) groups is 2. The minimum absolute atomic E-state index is 0.0191. The van der Waals surface area contributed by atoms with E-state index in [-0.39, 0.29) is 30.5 Å². The number of alkyl halides is 2. The SMILES string of the molecule is CC(C)(C)c1ccc(C(=O)CCCC(=O)C(F)F)cc1. The van der Waals surface area contributed by atoms with Gasteiger partial charge in [0.05, 0.1) is 0 Å². The van der Waals surface area contributed by atoms with Gasteiger partial charge in [-0.15, -0.1) is 0 Å². The molecule has 0 aliphatic rings. The average Bonchev–Trinajstić information content (AvgIpc) is 2.37. The summed E-state index contributed by atoms with van der Waals surface area (Å²) in [5, 5.41) is 0. The van der Waals surface area contributed by atoms with Crippen LogP contribution >= 0.6 is 0 Å². The van der Waals surface area contributed by atoms with Crippen molar-refractivity contribution < 1.29 is 18.4 Å². The van der Waals surface area contributed by atoms with Gasteiger partial charge in [0.1, 0.15) is 0 Å². The van der Waals surface area contributed by atoms with Crippen molar-refractivity contribution in [1.82, 2.24) is 0 Å². The highest BCUT2D eigenvalue weighted by atomic mass is 19.3. The molecule has 110 valence electrons. The van der Waals surface area contributed by atoms with Crippen molar-refractivity contribution in [2.75, 3.05) is 0 Å². The number of hydrogen-bond donors (Lipinski definition) is 0. The van der Waals surface area contributed by atoms with Crippen molar-refractivity contribution in [3.8, 4) is 0 Å². The largest absolute Gasteiger partial charge is 0.295 e. The fourth-order valence-corrected chi connectivity index (χ4v) is 1.83. The van der Waals surface area contributed by atoms with E-state index < -0.39 is 12.2 Å². The number of rotatable bonds is 6. The third kappa shape index (κ3) is 4.83. The smallest absolute Gasteiger partial charge is 0.294 e. The maximum absolute atomic E-state index is 12.0. The summed E-state index contributed by atoms with van der Waals surface area (Å²) in [4.78, 5) is 22.6. The van der Waals surface area contributed by atoms with Gasteiger partial charge in [-0.3, -0.25) is 9.59 Å². The molecule has 0 unspecified atom stereocenters. The van der Waals surface area contributed by atoms with Crippen LogP contribution in [-0.2, 0) is 10.2 Å². The first-order valence-electron chi connectivity index (χ1n) is 6.66. The zero-order chi connectivity index (χ0) is 15.3. The fourth-order valence-electron chi connectivity index (χ4n) is 1.83. The maximum Gasteiger partial charge on any atom is 0.295 e. The van der Waals surface area contributed by atoms with Crippen LogP contribution in [0.1, 0.15) is 56.0 Å². The van der Waals surface area contributed by atoms with Crippen LogP contribution in [0.5, 0.6) is 0 Å². The second-order valence-electron chi connectivity index (χ2n) is 5.87. The van der Waals surface area contributed by atoms with Crippen LogP contribution in [0.3, 0.4) is 0 Å². The van der Waals surface area contributed by atoms with E-state index in [4.69, 9.17) is 0 Å². The molecule has 0 spiro atoms. The Kier molecular flexibility index (Phi) is 5.54. The number of halogens is 2. The lowest BCUT2D eigenvalue weighted by Crippen LogP contribution is -2.12. The maximum atomic E-state index is 12.0. The summed E-state index contributed by atoms with van der Waals surface area (Å²) in [6.45, 7) is 6.25. The third-order valence-electron chi connectivity index (χ3n) is 3.14. The molecule has 0 heterocycles. The molecular weight excluding hydrogens is 262 g/mol. The minimum atomic E-state index is -2.93. The van der Waals surface area contributed by atoms with Crippen molar-refractivity contribution in [2.45, 2.75) is 51.9 Å². The van der Waals surface area contributed by atoms with Crippen molar-refractivity contribution in [1.29, 1.82) is 0 Å². The molecule has 0 aliphatic heterocycles. The van der Waals surface area contributed by atoms with Gasteiger partial charge >= 0.3 is 0 Å². The number of ketones is 2. The normalized spacial score (nSPS) is 11.7. The Hall–Kier alpha value is -1.58. The summed E-state index contributed by atoms with van der Waals surface area (Å²) in [7, 11) is 0. The molecule has 1 aromatic rings. The van der Waals surface area contributed by atoms with Gasteiger partial charge < -0.3 is 0 Å². The summed E-state index contributed by atoms with van der Waals surface area (Å²) in [6, 6.07) is 7.30. The number of benzene rings is 1. The predicted octanol–water partition coefficient (Wildman–Crippen LogP) is 4.17. The molecule has 0 amide bonds. The second-order valence-corrected chi connectivity index (χ2v) is 5.87. The molecule has 1 rings (SSSR count). The van der Waals surface area contributed by atoms with Crippen LogP contribution in [0.25, 0.3) is 0 Å². The molecule has 1 aromatic carbocycles. The molecule has 0 saturated carbocycles. The van der Waals surface area contributed by atoms with Crippen LogP contribution in [0.2, 0.25) is 0 Å². The molecule has 0 saturated heterocycles. The molecule has 0 fully saturated rings. The van der Waals surface area contributed by atoms with Gasteiger partial charge in [-0.25, -0.2) is 8.78 Å². The monoisotopic (exact) mass is 282 g/mol. The molecule has 0 N–H and O–H groups in total. The lowest BCUT2D eigenvalue weighted by Gasteiger charge is -2.18. The van der Waals surface area contributed by atoms with E-state index in [0.29, 0.717) is 5.56 Å². The van der Waals surface area contributed by atoms with Gasteiger partial charge in [0.2, 0.25) is 0 Å². The molecule has 4 heteroatoms. The number of Topliss-reactive ketones (excluding diaryl/α,β-unsaturated/α-hetero) is 2. The number of hydrogen-bond acceptors (Lipinski definition) is 2. The summed E-state index contributed by atoms with van der Waals surface area (Å²) in [6.07, 6.45) is -2.89. The summed E-state index contributed by atoms with van der Waals surface area (Å²) < 4.78 is 24.0. The van der Waals surface area contributed by atoms with Gasteiger partial charge in [-0.1, -0.05) is 45.0 Å². The second kappa shape index (κ2) is 6.73. The molecule has 20 heavy (non-hydrogen) atoms. The highest BCUT2D eigenvalue weighted by Crippen LogP contribution is 2.22. The van der Waals surface area contributed by atoms with Crippen molar-refractivity contribution in [3.63, 3.8) is 0 Å². The number of carbonyl (C=O) groups excluding carboxylic acids is 2. The van der Waals surface area contributed by atoms with Gasteiger partial charge in [0, 0.05) is 18.4 Å². The van der Waals surface area contributed by atoms with Gasteiger partial charge in [0.15, 0.2) is 11.6 Å². The average molecular weight is 282 g/mol. The molecule has 0 bridgehead atoms. The summed E-state index contributed by atoms with van der Waals surface area (Å²) >= 11 is 0. The zero-order valence-electron chi connectivity index (χ0n) is 12.1. The molecule has 0 aliphatic carbocycles. The predicted molar refractivity (Wildman–Crippen MR) is 74.3 cm³/mol. The van der Waals surface area contributed by atoms with Crippen molar-refractivity contribution >= 4 is 11.6 Å². The van der Waals surface area contributed by atoms with E-state index in [0.717, 1.165) is 5.56 Å². The first-order chi connectivity index (χ1) is 9.21. The van der Waals surface area contributed by atoms with E-state index in [9.17, 15) is 18.4 Å². The van der Waals surface area contributed by atoms with Crippen molar-refractivity contribution in [2.24, 2.45) is 0 Å². The van der Waals surface area contributed by atoms with Crippen LogP contribution in [-0.4, -0.2) is 18.0 Å². The van der Waals surface area contributed by atoms with Gasteiger partial charge in [-0.05, 0) is 17.4 Å². The van der Waals surface area contributed by atoms with Crippen molar-refractivity contribution in [3.05, 3.63) is 35.4 Å². The molecular formula is C16H20F2O2. The lowest BCUT2D eigenvalue weighted by molar-refractivity contribution is -0.129. The Balaban J connectivity index is 2.54. The molecule has 0 aromatic heterocycles. The quantitative estimate of drug-likeness (QED) is 0.734. The first-order valence-corrected chi connectivity index (χ1v) is 6.66. The Bertz CT molecular complexity index is 470. The molecule has 0 radical (unpaired) electrons. The Morgan fingerprint density at radius 3 is 2.05 bits per heavy atom. The van der Waals surface area contributed by atoms with Gasteiger partial charge in [-0.2, -0.15) is 0 Å². The zero-order valence-corrected chi connectivity index (χ0v) is 12.1. The van der Waals surface area contributed by atoms with E-state index in [1.165, 1.54) is 0 Å². The molecule has 0 atom stereocenters. The minimum Gasteiger partial charge on any atom is -0.294 e. The van der Waals surface area contributed by atoms with Crippen LogP contribution in [0.15, 0.2) is 24.3 Å². The van der Waals surface area contributed by atoms with E-state index in [1.807, 2.05) is 12.1 Å². The molecule has 2 nitrogen and oxygen atoms in total. The Morgan fingerprint density at radius 2 is 1.60 bits per heavy atom. The van der Waals surface area contributed by atoms with E-state index >= 15 is 0 Å². The fraction of sp³-hybridized carbons (Fsp3) is 0.500. The van der Waals surface area contributed by atoms with Gasteiger partial charge in [0.25, 0.3) is 6.43 Å². The van der Waals surface area contributed by atoms with Crippen LogP contribution in [0.4, 0.5) is 8.78 Å². The lowest BCUT2D eigenvalue weighted by atomic mass is 9.86. The van der Waals surface area contributed by atoms with Crippen LogP contribution < -0.4 is 0 Å². The highest BCUT2D eigenvalue weighted by Gasteiger charge is 2.16.